The number of hydrogen-bond acceptors (Lipinski definition) is 4. The smallest absolute Gasteiger partial charge is 0.229 e. The summed E-state index contributed by atoms with van der Waals surface area (Å²) in [5.74, 6) is -0.624. The molecule has 0 atom stereocenters. The molecule has 0 aromatic carbocycles. The highest BCUT2D eigenvalue weighted by Crippen LogP contribution is 2.17. The first-order valence-corrected chi connectivity index (χ1v) is 3.79. The molecular weight excluding hydrogens is 170 g/mol. The normalized spacial score (nSPS) is 16.5. The Morgan fingerprint density at radius 1 is 1.15 bits per heavy atom. The van der Waals surface area contributed by atoms with Crippen molar-refractivity contribution in [1.82, 2.24) is 4.90 Å². The minimum absolute atomic E-state index is 0.426. The van der Waals surface area contributed by atoms with Crippen LogP contribution in [0.4, 0.5) is 0 Å². The largest absolute Gasteiger partial charge is 0.494 e. The molecule has 70 valence electrons. The predicted octanol–water partition coefficient (Wildman–Crippen LogP) is 0.114. The van der Waals surface area contributed by atoms with Gasteiger partial charge in [0, 0.05) is 26.2 Å². The highest BCUT2D eigenvalue weighted by Gasteiger charge is 2.21. The molecule has 0 N–H and O–H groups in total. The van der Waals surface area contributed by atoms with E-state index in [9.17, 15) is 9.59 Å². The number of likely N-dealkylation sites (N-methyl/N-ethyl adjacent to an activating group) is 1. The van der Waals surface area contributed by atoms with E-state index >= 15 is 0 Å². The van der Waals surface area contributed by atoms with Crippen LogP contribution in [0.3, 0.4) is 0 Å². The lowest BCUT2D eigenvalue weighted by atomic mass is 10.1. The highest BCUT2D eigenvalue weighted by atomic mass is 16.5. The van der Waals surface area contributed by atoms with Gasteiger partial charge in [0.1, 0.15) is 5.76 Å². The summed E-state index contributed by atoms with van der Waals surface area (Å²) >= 11 is 0. The van der Waals surface area contributed by atoms with E-state index in [1.807, 2.05) is 0 Å². The minimum Gasteiger partial charge on any atom is -0.494 e. The lowest BCUT2D eigenvalue weighted by Crippen LogP contribution is -2.23. The third-order valence-electron chi connectivity index (χ3n) is 1.73. The molecule has 0 radical (unpaired) electrons. The van der Waals surface area contributed by atoms with Crippen LogP contribution in [0.15, 0.2) is 23.6 Å². The number of allylic oxidation sites excluding steroid dienone is 2. The molecular formula is C9H11NO3. The number of ether oxygens (including phenoxy) is 1. The van der Waals surface area contributed by atoms with Gasteiger partial charge in [-0.25, -0.2) is 0 Å². The maximum absolute atomic E-state index is 11.0. The van der Waals surface area contributed by atoms with E-state index in [2.05, 4.69) is 0 Å². The second-order valence-corrected chi connectivity index (χ2v) is 2.87. The van der Waals surface area contributed by atoms with Gasteiger partial charge in [-0.2, -0.15) is 0 Å². The first-order valence-electron chi connectivity index (χ1n) is 3.79. The van der Waals surface area contributed by atoms with Gasteiger partial charge >= 0.3 is 0 Å². The summed E-state index contributed by atoms with van der Waals surface area (Å²) in [6.07, 6.45) is 2.48. The van der Waals surface area contributed by atoms with Gasteiger partial charge in [-0.15, -0.1) is 0 Å². The molecule has 4 nitrogen and oxygen atoms in total. The third-order valence-corrected chi connectivity index (χ3v) is 1.73. The van der Waals surface area contributed by atoms with Crippen LogP contribution in [0.5, 0.6) is 0 Å². The summed E-state index contributed by atoms with van der Waals surface area (Å²) in [5.41, 5.74) is 0.618. The van der Waals surface area contributed by atoms with Crippen molar-refractivity contribution < 1.29 is 14.3 Å². The summed E-state index contributed by atoms with van der Waals surface area (Å²) in [6.45, 7) is 0. The van der Waals surface area contributed by atoms with E-state index in [0.717, 1.165) is 0 Å². The molecule has 4 heteroatoms. The summed E-state index contributed by atoms with van der Waals surface area (Å²) in [6, 6.07) is 0. The molecule has 0 aromatic rings. The van der Waals surface area contributed by atoms with E-state index < -0.39 is 11.6 Å². The van der Waals surface area contributed by atoms with Crippen molar-refractivity contribution in [2.24, 2.45) is 0 Å². The summed E-state index contributed by atoms with van der Waals surface area (Å²) in [5, 5.41) is 0. The maximum atomic E-state index is 11.0. The van der Waals surface area contributed by atoms with Gasteiger partial charge in [-0.1, -0.05) is 0 Å². The molecule has 0 heterocycles. The SMILES string of the molecule is COC1=CC(=O)C(=O)C=C1N(C)C. The Labute approximate surface area is 76.5 Å². The first-order chi connectivity index (χ1) is 6.06. The summed E-state index contributed by atoms with van der Waals surface area (Å²) in [4.78, 5) is 23.7. The van der Waals surface area contributed by atoms with Crippen LogP contribution in [-0.4, -0.2) is 37.7 Å². The first kappa shape index (κ1) is 9.51. The second kappa shape index (κ2) is 3.43. The lowest BCUT2D eigenvalue weighted by molar-refractivity contribution is -0.131. The number of methoxy groups -OCH3 is 1. The second-order valence-electron chi connectivity index (χ2n) is 2.87. The van der Waals surface area contributed by atoms with Crippen LogP contribution in [0.2, 0.25) is 0 Å². The quantitative estimate of drug-likeness (QED) is 0.448. The molecule has 0 saturated carbocycles. The number of carbonyl (C=O) groups is 2. The van der Waals surface area contributed by atoms with Crippen LogP contribution < -0.4 is 0 Å². The zero-order chi connectivity index (χ0) is 10.0. The van der Waals surface area contributed by atoms with Crippen LogP contribution >= 0.6 is 0 Å². The Balaban J connectivity index is 3.06. The number of ketones is 2. The number of nitrogens with zero attached hydrogens (tertiary/aromatic N) is 1. The van der Waals surface area contributed by atoms with Gasteiger partial charge in [-0.05, 0) is 0 Å². The Hall–Kier alpha value is -1.58. The van der Waals surface area contributed by atoms with Crippen molar-refractivity contribution in [3.05, 3.63) is 23.6 Å². The van der Waals surface area contributed by atoms with E-state index in [4.69, 9.17) is 4.74 Å². The average molecular weight is 181 g/mol. The van der Waals surface area contributed by atoms with E-state index in [-0.39, 0.29) is 0 Å². The van der Waals surface area contributed by atoms with Crippen LogP contribution in [0, 0.1) is 0 Å². The zero-order valence-electron chi connectivity index (χ0n) is 7.83. The predicted molar refractivity (Wildman–Crippen MR) is 46.9 cm³/mol. The van der Waals surface area contributed by atoms with Gasteiger partial charge in [-0.3, -0.25) is 9.59 Å². The molecule has 0 aliphatic heterocycles. The van der Waals surface area contributed by atoms with Crippen molar-refractivity contribution in [2.75, 3.05) is 21.2 Å². The van der Waals surface area contributed by atoms with Crippen molar-refractivity contribution in [3.8, 4) is 0 Å². The molecule has 0 fully saturated rings. The Bertz CT molecular complexity index is 313. The highest BCUT2D eigenvalue weighted by molar-refractivity contribution is 6.46. The zero-order valence-corrected chi connectivity index (χ0v) is 7.83. The van der Waals surface area contributed by atoms with Gasteiger partial charge in [0.15, 0.2) is 0 Å². The van der Waals surface area contributed by atoms with E-state index in [0.29, 0.717) is 11.5 Å². The van der Waals surface area contributed by atoms with Gasteiger partial charge in [0.2, 0.25) is 11.6 Å². The maximum Gasteiger partial charge on any atom is 0.229 e. The molecule has 0 bridgehead atoms. The van der Waals surface area contributed by atoms with Gasteiger partial charge in [0.25, 0.3) is 0 Å². The molecule has 13 heavy (non-hydrogen) atoms. The molecule has 0 aromatic heterocycles. The molecule has 1 aliphatic carbocycles. The Morgan fingerprint density at radius 3 is 2.15 bits per heavy atom. The monoisotopic (exact) mass is 181 g/mol. The fraction of sp³-hybridized carbons (Fsp3) is 0.333. The van der Waals surface area contributed by atoms with E-state index in [1.54, 1.807) is 19.0 Å². The van der Waals surface area contributed by atoms with Gasteiger partial charge in [0.05, 0.1) is 12.8 Å². The van der Waals surface area contributed by atoms with Crippen molar-refractivity contribution in [3.63, 3.8) is 0 Å². The molecule has 0 saturated heterocycles. The van der Waals surface area contributed by atoms with Gasteiger partial charge < -0.3 is 9.64 Å². The third kappa shape index (κ3) is 1.77. The standard InChI is InChI=1S/C9H11NO3/c1-10(2)6-4-7(11)8(12)5-9(6)13-3/h4-5H,1-3H3. The fourth-order valence-electron chi connectivity index (χ4n) is 1.04. The molecule has 0 spiro atoms. The van der Waals surface area contributed by atoms with Crippen LogP contribution in [-0.2, 0) is 14.3 Å². The molecule has 1 aliphatic rings. The fourth-order valence-corrected chi connectivity index (χ4v) is 1.04. The van der Waals surface area contributed by atoms with E-state index in [1.165, 1.54) is 19.3 Å². The summed E-state index contributed by atoms with van der Waals surface area (Å²) in [7, 11) is 5.02. The minimum atomic E-state index is -0.539. The van der Waals surface area contributed by atoms with Crippen LogP contribution in [0.25, 0.3) is 0 Å². The molecule has 1 rings (SSSR count). The van der Waals surface area contributed by atoms with Crippen molar-refractivity contribution in [2.45, 2.75) is 0 Å². The molecule has 0 amide bonds. The van der Waals surface area contributed by atoms with Crippen molar-refractivity contribution >= 4 is 11.6 Å². The Morgan fingerprint density at radius 2 is 1.69 bits per heavy atom. The lowest BCUT2D eigenvalue weighted by Gasteiger charge is -2.20. The number of carbonyl (C=O) groups excluding carboxylic acids is 2. The number of rotatable bonds is 2. The topological polar surface area (TPSA) is 46.6 Å². The Kier molecular flexibility index (Phi) is 2.51. The average Bonchev–Trinajstić information content (AvgIpc) is 2.08. The van der Waals surface area contributed by atoms with Crippen molar-refractivity contribution in [1.29, 1.82) is 0 Å². The summed E-state index contributed by atoms with van der Waals surface area (Å²) < 4.78 is 4.96. The molecule has 0 unspecified atom stereocenters. The van der Waals surface area contributed by atoms with Crippen LogP contribution in [0.1, 0.15) is 0 Å². The number of hydrogen-bond donors (Lipinski definition) is 0.